The normalized spacial score (nSPS) is 16.4. The van der Waals surface area contributed by atoms with Crippen LogP contribution < -0.4 is 4.90 Å². The molecule has 1 aliphatic carbocycles. The van der Waals surface area contributed by atoms with Crippen LogP contribution in [0, 0.1) is 11.8 Å². The zero-order chi connectivity index (χ0) is 14.4. The number of carbonyl (C=O) groups excluding carboxylic acids is 1. The van der Waals surface area contributed by atoms with Gasteiger partial charge in [-0.15, -0.1) is 0 Å². The van der Waals surface area contributed by atoms with Gasteiger partial charge in [-0.1, -0.05) is 57.2 Å². The average molecular weight is 272 g/mol. The maximum atomic E-state index is 11.9. The van der Waals surface area contributed by atoms with Crippen LogP contribution >= 0.6 is 0 Å². The van der Waals surface area contributed by atoms with E-state index < -0.39 is 0 Å². The molecule has 0 saturated heterocycles. The monoisotopic (exact) mass is 272 g/mol. The van der Waals surface area contributed by atoms with E-state index in [0.717, 1.165) is 18.2 Å². The van der Waals surface area contributed by atoms with Crippen molar-refractivity contribution in [3.05, 3.63) is 36.2 Å². The number of nitrogens with zero attached hydrogens (tertiary/aromatic N) is 1. The number of benzene rings is 1. The van der Waals surface area contributed by atoms with E-state index in [9.17, 15) is 4.79 Å². The van der Waals surface area contributed by atoms with Crippen LogP contribution in [-0.2, 0) is 4.79 Å². The van der Waals surface area contributed by atoms with Gasteiger partial charge in [0.25, 0.3) is 0 Å². The Morgan fingerprint density at radius 2 is 1.75 bits per heavy atom. The summed E-state index contributed by atoms with van der Waals surface area (Å²) in [4.78, 5) is 13.8. The van der Waals surface area contributed by atoms with Gasteiger partial charge < -0.3 is 4.90 Å². The van der Waals surface area contributed by atoms with Crippen LogP contribution in [-0.4, -0.2) is 12.5 Å². The van der Waals surface area contributed by atoms with Crippen molar-refractivity contribution in [1.82, 2.24) is 0 Å². The summed E-state index contributed by atoms with van der Waals surface area (Å²) in [5, 5.41) is 0. The molecule has 0 N–H and O–H groups in total. The highest BCUT2D eigenvalue weighted by Crippen LogP contribution is 2.30. The molecule has 20 heavy (non-hydrogen) atoms. The van der Waals surface area contributed by atoms with E-state index in [1.54, 1.807) is 6.92 Å². The molecule has 1 amide bonds. The average Bonchev–Trinajstić information content (AvgIpc) is 2.46. The lowest BCUT2D eigenvalue weighted by Crippen LogP contribution is -2.32. The maximum Gasteiger partial charge on any atom is 0.223 e. The highest BCUT2D eigenvalue weighted by molar-refractivity contribution is 5.91. The minimum atomic E-state index is 0.124. The zero-order valence-corrected chi connectivity index (χ0v) is 12.8. The molecule has 109 valence electrons. The van der Waals surface area contributed by atoms with E-state index in [1.807, 2.05) is 35.2 Å². The molecule has 2 nitrogen and oxygen atoms in total. The molecule has 0 bridgehead atoms. The molecule has 0 unspecified atom stereocenters. The van der Waals surface area contributed by atoms with Crippen molar-refractivity contribution < 1.29 is 4.79 Å². The lowest BCUT2D eigenvalue weighted by atomic mass is 9.83. The Bertz CT molecular complexity index is 409. The lowest BCUT2D eigenvalue weighted by Gasteiger charge is -2.28. The number of anilines is 1. The quantitative estimate of drug-likeness (QED) is 0.767. The third-order valence-electron chi connectivity index (χ3n) is 4.24. The number of hydrogen-bond donors (Lipinski definition) is 0. The smallest absolute Gasteiger partial charge is 0.223 e. The Morgan fingerprint density at radius 3 is 2.35 bits per heavy atom. The molecule has 0 spiro atoms. The molecule has 1 fully saturated rings. The fourth-order valence-corrected chi connectivity index (χ4v) is 3.21. The van der Waals surface area contributed by atoms with Gasteiger partial charge in [0.2, 0.25) is 5.91 Å². The zero-order valence-electron chi connectivity index (χ0n) is 12.8. The molecule has 1 aromatic rings. The van der Waals surface area contributed by atoms with Gasteiger partial charge in [-0.2, -0.15) is 0 Å². The molecule has 0 aliphatic heterocycles. The van der Waals surface area contributed by atoms with Crippen molar-refractivity contribution in [3.63, 3.8) is 0 Å². The number of rotatable bonds is 5. The lowest BCUT2D eigenvalue weighted by molar-refractivity contribution is -0.116. The SMILES string of the molecule is C[C](CC1CCCCC1)CN(C(C)=O)c1ccccc1. The highest BCUT2D eigenvalue weighted by Gasteiger charge is 2.20. The van der Waals surface area contributed by atoms with E-state index in [4.69, 9.17) is 0 Å². The van der Waals surface area contributed by atoms with Crippen molar-refractivity contribution in [3.8, 4) is 0 Å². The summed E-state index contributed by atoms with van der Waals surface area (Å²) < 4.78 is 0. The Hall–Kier alpha value is -1.31. The van der Waals surface area contributed by atoms with Gasteiger partial charge in [-0.3, -0.25) is 4.79 Å². The predicted molar refractivity (Wildman–Crippen MR) is 84.6 cm³/mol. The van der Waals surface area contributed by atoms with Gasteiger partial charge in [0.05, 0.1) is 0 Å². The Balaban J connectivity index is 1.92. The molecular formula is C18H26NO. The van der Waals surface area contributed by atoms with Crippen LogP contribution in [0.1, 0.15) is 52.4 Å². The molecule has 2 rings (SSSR count). The van der Waals surface area contributed by atoms with E-state index in [0.29, 0.717) is 0 Å². The largest absolute Gasteiger partial charge is 0.312 e. The fourth-order valence-electron chi connectivity index (χ4n) is 3.21. The highest BCUT2D eigenvalue weighted by atomic mass is 16.2. The van der Waals surface area contributed by atoms with Crippen LogP contribution in [0.25, 0.3) is 0 Å². The second-order valence-electron chi connectivity index (χ2n) is 6.11. The van der Waals surface area contributed by atoms with Crippen LogP contribution in [0.4, 0.5) is 5.69 Å². The summed E-state index contributed by atoms with van der Waals surface area (Å²) in [7, 11) is 0. The van der Waals surface area contributed by atoms with Crippen LogP contribution in [0.3, 0.4) is 0 Å². The maximum absolute atomic E-state index is 11.9. The van der Waals surface area contributed by atoms with Crippen LogP contribution in [0.15, 0.2) is 30.3 Å². The number of amides is 1. The second kappa shape index (κ2) is 7.47. The summed E-state index contributed by atoms with van der Waals surface area (Å²) in [6.45, 7) is 4.62. The summed E-state index contributed by atoms with van der Waals surface area (Å²) >= 11 is 0. The number of para-hydroxylation sites is 1. The van der Waals surface area contributed by atoms with Crippen molar-refractivity contribution in [1.29, 1.82) is 0 Å². The molecule has 1 saturated carbocycles. The first-order valence-corrected chi connectivity index (χ1v) is 7.81. The molecule has 1 radical (unpaired) electrons. The molecular weight excluding hydrogens is 246 g/mol. The minimum absolute atomic E-state index is 0.124. The van der Waals surface area contributed by atoms with Crippen molar-refractivity contribution in [2.75, 3.05) is 11.4 Å². The Kier molecular flexibility index (Phi) is 5.63. The molecule has 0 atom stereocenters. The standard InChI is InChI=1S/C18H26NO/c1-15(13-17-9-5-3-6-10-17)14-19(16(2)20)18-11-7-4-8-12-18/h4,7-8,11-12,17H,3,5-6,9-10,13-14H2,1-2H3. The second-order valence-corrected chi connectivity index (χ2v) is 6.11. The van der Waals surface area contributed by atoms with E-state index in [2.05, 4.69) is 6.92 Å². The van der Waals surface area contributed by atoms with Crippen molar-refractivity contribution in [2.24, 2.45) is 5.92 Å². The van der Waals surface area contributed by atoms with Crippen molar-refractivity contribution >= 4 is 11.6 Å². The predicted octanol–water partition coefficient (Wildman–Crippen LogP) is 4.60. The first-order chi connectivity index (χ1) is 9.66. The third kappa shape index (κ3) is 4.36. The van der Waals surface area contributed by atoms with Crippen molar-refractivity contribution in [2.45, 2.75) is 52.4 Å². The first-order valence-electron chi connectivity index (χ1n) is 7.81. The summed E-state index contributed by atoms with van der Waals surface area (Å²) in [5.74, 6) is 2.39. The number of hydrogen-bond acceptors (Lipinski definition) is 1. The van der Waals surface area contributed by atoms with E-state index in [1.165, 1.54) is 44.4 Å². The molecule has 1 aliphatic rings. The van der Waals surface area contributed by atoms with Crippen LogP contribution in [0.2, 0.25) is 0 Å². The Morgan fingerprint density at radius 1 is 1.10 bits per heavy atom. The summed E-state index contributed by atoms with van der Waals surface area (Å²) in [5.41, 5.74) is 1.00. The van der Waals surface area contributed by atoms with Gasteiger partial charge in [0.15, 0.2) is 0 Å². The molecule has 0 aromatic heterocycles. The minimum Gasteiger partial charge on any atom is -0.312 e. The van der Waals surface area contributed by atoms with Gasteiger partial charge in [-0.25, -0.2) is 0 Å². The number of carbonyl (C=O) groups is 1. The fraction of sp³-hybridized carbons (Fsp3) is 0.556. The van der Waals surface area contributed by atoms with Gasteiger partial charge in [-0.05, 0) is 30.4 Å². The molecule has 1 aromatic carbocycles. The topological polar surface area (TPSA) is 20.3 Å². The summed E-state index contributed by atoms with van der Waals surface area (Å²) in [6.07, 6.45) is 8.07. The van der Waals surface area contributed by atoms with Gasteiger partial charge >= 0.3 is 0 Å². The summed E-state index contributed by atoms with van der Waals surface area (Å²) in [6, 6.07) is 9.98. The Labute approximate surface area is 123 Å². The third-order valence-corrected chi connectivity index (χ3v) is 4.24. The van der Waals surface area contributed by atoms with Crippen LogP contribution in [0.5, 0.6) is 0 Å². The van der Waals surface area contributed by atoms with E-state index >= 15 is 0 Å². The first kappa shape index (κ1) is 15.1. The van der Waals surface area contributed by atoms with E-state index in [-0.39, 0.29) is 5.91 Å². The van der Waals surface area contributed by atoms with Gasteiger partial charge in [0, 0.05) is 19.2 Å². The molecule has 0 heterocycles. The van der Waals surface area contributed by atoms with Gasteiger partial charge in [0.1, 0.15) is 0 Å². The molecule has 2 heteroatoms.